The van der Waals surface area contributed by atoms with Gasteiger partial charge in [-0.15, -0.1) is 0 Å². The Morgan fingerprint density at radius 2 is 1.85 bits per heavy atom. The van der Waals surface area contributed by atoms with E-state index in [1.807, 2.05) is 25.1 Å². The molecule has 0 aliphatic rings. The normalized spacial score (nSPS) is 11.2. The van der Waals surface area contributed by atoms with E-state index in [9.17, 15) is 4.79 Å². The third-order valence-electron chi connectivity index (χ3n) is 5.24. The van der Waals surface area contributed by atoms with Crippen molar-refractivity contribution in [3.8, 4) is 11.5 Å². The molecule has 0 amide bonds. The molecule has 33 heavy (non-hydrogen) atoms. The number of rotatable bonds is 16. The fourth-order valence-electron chi connectivity index (χ4n) is 3.47. The van der Waals surface area contributed by atoms with E-state index in [4.69, 9.17) is 14.6 Å². The summed E-state index contributed by atoms with van der Waals surface area (Å²) in [4.78, 5) is 19.0. The van der Waals surface area contributed by atoms with Crippen LogP contribution >= 0.6 is 0 Å². The SMILES string of the molecule is CCCCCCCCCOc1ccc(/C=N\Nc2nc(C)c(CCO)c(=O)[nH]2)cc1OCC. The second-order valence-corrected chi connectivity index (χ2v) is 7.93. The molecule has 8 heteroatoms. The number of aromatic nitrogens is 2. The lowest BCUT2D eigenvalue weighted by atomic mass is 10.1. The summed E-state index contributed by atoms with van der Waals surface area (Å²) in [7, 11) is 0. The molecule has 0 atom stereocenters. The number of aliphatic hydroxyl groups excluding tert-OH is 1. The summed E-state index contributed by atoms with van der Waals surface area (Å²) in [5, 5.41) is 13.2. The Morgan fingerprint density at radius 1 is 1.09 bits per heavy atom. The average molecular weight is 459 g/mol. The number of anilines is 1. The number of nitrogens with zero attached hydrogens (tertiary/aromatic N) is 2. The third-order valence-corrected chi connectivity index (χ3v) is 5.24. The highest BCUT2D eigenvalue weighted by Crippen LogP contribution is 2.28. The van der Waals surface area contributed by atoms with E-state index in [-0.39, 0.29) is 24.5 Å². The molecule has 0 aliphatic heterocycles. The molecule has 2 rings (SSSR count). The van der Waals surface area contributed by atoms with Crippen molar-refractivity contribution < 1.29 is 14.6 Å². The van der Waals surface area contributed by atoms with Crippen LogP contribution in [0.1, 0.15) is 75.6 Å². The number of benzene rings is 1. The van der Waals surface area contributed by atoms with Crippen LogP contribution in [0.25, 0.3) is 0 Å². The molecule has 1 heterocycles. The summed E-state index contributed by atoms with van der Waals surface area (Å²) >= 11 is 0. The van der Waals surface area contributed by atoms with Gasteiger partial charge in [-0.3, -0.25) is 9.78 Å². The molecule has 8 nitrogen and oxygen atoms in total. The molecule has 0 radical (unpaired) electrons. The van der Waals surface area contributed by atoms with Crippen molar-refractivity contribution in [1.82, 2.24) is 9.97 Å². The zero-order chi connectivity index (χ0) is 23.9. The number of ether oxygens (including phenoxy) is 2. The predicted octanol–water partition coefficient (Wildman–Crippen LogP) is 4.59. The molecule has 0 aliphatic carbocycles. The second kappa shape index (κ2) is 15.1. The van der Waals surface area contributed by atoms with Gasteiger partial charge in [-0.1, -0.05) is 45.4 Å². The summed E-state index contributed by atoms with van der Waals surface area (Å²) in [6.45, 7) is 7.01. The first-order valence-corrected chi connectivity index (χ1v) is 12.0. The van der Waals surface area contributed by atoms with Crippen LogP contribution in [0.5, 0.6) is 11.5 Å². The van der Waals surface area contributed by atoms with Gasteiger partial charge in [-0.2, -0.15) is 5.10 Å². The lowest BCUT2D eigenvalue weighted by Crippen LogP contribution is -2.19. The highest BCUT2D eigenvalue weighted by atomic mass is 16.5. The second-order valence-electron chi connectivity index (χ2n) is 7.93. The van der Waals surface area contributed by atoms with E-state index in [0.29, 0.717) is 30.2 Å². The van der Waals surface area contributed by atoms with Gasteiger partial charge >= 0.3 is 0 Å². The highest BCUT2D eigenvalue weighted by molar-refractivity contribution is 5.81. The van der Waals surface area contributed by atoms with Gasteiger partial charge in [0, 0.05) is 18.6 Å². The van der Waals surface area contributed by atoms with Gasteiger partial charge in [0.2, 0.25) is 5.95 Å². The van der Waals surface area contributed by atoms with E-state index >= 15 is 0 Å². The smallest absolute Gasteiger partial charge is 0.255 e. The standard InChI is InChI=1S/C25H38N4O4/c1-4-6-7-8-9-10-11-16-33-22-13-12-20(17-23(22)32-5-2)18-26-29-25-27-19(3)21(14-15-30)24(31)28-25/h12-13,17-18,30H,4-11,14-16H2,1-3H3,(H2,27,28,29,31)/b26-18-. The molecular formula is C25H38N4O4. The highest BCUT2D eigenvalue weighted by Gasteiger charge is 2.08. The van der Waals surface area contributed by atoms with Crippen LogP contribution in [0, 0.1) is 6.92 Å². The van der Waals surface area contributed by atoms with Crippen molar-refractivity contribution in [3.05, 3.63) is 45.4 Å². The Bertz CT molecular complexity index is 927. The largest absolute Gasteiger partial charge is 0.490 e. The van der Waals surface area contributed by atoms with E-state index in [1.165, 1.54) is 38.5 Å². The van der Waals surface area contributed by atoms with Crippen molar-refractivity contribution in [2.45, 2.75) is 72.1 Å². The molecule has 1 aromatic carbocycles. The minimum atomic E-state index is -0.282. The predicted molar refractivity (Wildman–Crippen MR) is 133 cm³/mol. The van der Waals surface area contributed by atoms with Crippen LogP contribution < -0.4 is 20.5 Å². The zero-order valence-corrected chi connectivity index (χ0v) is 20.2. The Hall–Kier alpha value is -2.87. The molecule has 3 N–H and O–H groups in total. The van der Waals surface area contributed by atoms with E-state index < -0.39 is 0 Å². The van der Waals surface area contributed by atoms with Crippen LogP contribution in [0.15, 0.2) is 28.1 Å². The van der Waals surface area contributed by atoms with Crippen LogP contribution in [-0.4, -0.2) is 41.1 Å². The number of aromatic amines is 1. The number of aliphatic hydroxyl groups is 1. The minimum Gasteiger partial charge on any atom is -0.490 e. The number of hydrogen-bond donors (Lipinski definition) is 3. The molecule has 2 aromatic rings. The molecule has 1 aromatic heterocycles. The number of aryl methyl sites for hydroxylation is 1. The van der Waals surface area contributed by atoms with Gasteiger partial charge in [0.25, 0.3) is 5.56 Å². The number of hydrazone groups is 1. The van der Waals surface area contributed by atoms with Crippen molar-refractivity contribution >= 4 is 12.2 Å². The first kappa shape index (κ1) is 26.4. The summed E-state index contributed by atoms with van der Waals surface area (Å²) in [5.41, 5.74) is 4.32. The van der Waals surface area contributed by atoms with Crippen LogP contribution in [-0.2, 0) is 6.42 Å². The molecule has 0 unspecified atom stereocenters. The molecular weight excluding hydrogens is 420 g/mol. The van der Waals surface area contributed by atoms with Gasteiger partial charge in [0.1, 0.15) is 0 Å². The third kappa shape index (κ3) is 9.26. The Balaban J connectivity index is 1.91. The van der Waals surface area contributed by atoms with E-state index in [2.05, 4.69) is 27.4 Å². The summed E-state index contributed by atoms with van der Waals surface area (Å²) in [6, 6.07) is 5.67. The molecule has 0 saturated heterocycles. The number of hydrogen-bond acceptors (Lipinski definition) is 7. The van der Waals surface area contributed by atoms with E-state index in [0.717, 1.165) is 17.7 Å². The topological polar surface area (TPSA) is 109 Å². The first-order chi connectivity index (χ1) is 16.1. The molecule has 0 saturated carbocycles. The molecule has 0 bridgehead atoms. The number of unbranched alkanes of at least 4 members (excludes halogenated alkanes) is 6. The maximum absolute atomic E-state index is 12.1. The molecule has 0 spiro atoms. The Morgan fingerprint density at radius 3 is 2.55 bits per heavy atom. The van der Waals surface area contributed by atoms with Crippen LogP contribution in [0.3, 0.4) is 0 Å². The fourth-order valence-corrected chi connectivity index (χ4v) is 3.47. The first-order valence-electron chi connectivity index (χ1n) is 12.0. The summed E-state index contributed by atoms with van der Waals surface area (Å²) < 4.78 is 11.7. The maximum Gasteiger partial charge on any atom is 0.255 e. The zero-order valence-electron chi connectivity index (χ0n) is 20.2. The monoisotopic (exact) mass is 458 g/mol. The molecule has 0 fully saturated rings. The van der Waals surface area contributed by atoms with Crippen molar-refractivity contribution in [2.75, 3.05) is 25.2 Å². The summed E-state index contributed by atoms with van der Waals surface area (Å²) in [6.07, 6.45) is 10.6. The van der Waals surface area contributed by atoms with Crippen molar-refractivity contribution in [1.29, 1.82) is 0 Å². The Labute approximate surface area is 196 Å². The van der Waals surface area contributed by atoms with Crippen molar-refractivity contribution in [3.63, 3.8) is 0 Å². The molecule has 182 valence electrons. The van der Waals surface area contributed by atoms with E-state index in [1.54, 1.807) is 13.1 Å². The Kier molecular flexibility index (Phi) is 12.0. The maximum atomic E-state index is 12.1. The van der Waals surface area contributed by atoms with Crippen LogP contribution in [0.4, 0.5) is 5.95 Å². The van der Waals surface area contributed by atoms with Crippen LogP contribution in [0.2, 0.25) is 0 Å². The minimum absolute atomic E-state index is 0.0998. The van der Waals surface area contributed by atoms with Gasteiger partial charge in [0.05, 0.1) is 25.1 Å². The average Bonchev–Trinajstić information content (AvgIpc) is 2.79. The van der Waals surface area contributed by atoms with Gasteiger partial charge in [0.15, 0.2) is 11.5 Å². The van der Waals surface area contributed by atoms with Gasteiger partial charge in [-0.05, 0) is 44.0 Å². The summed E-state index contributed by atoms with van der Waals surface area (Å²) in [5.74, 6) is 1.66. The fraction of sp³-hybridized carbons (Fsp3) is 0.560. The lowest BCUT2D eigenvalue weighted by Gasteiger charge is -2.12. The number of nitrogens with one attached hydrogen (secondary N) is 2. The van der Waals surface area contributed by atoms with Crippen molar-refractivity contribution in [2.24, 2.45) is 5.10 Å². The quantitative estimate of drug-likeness (QED) is 0.193. The number of H-pyrrole nitrogens is 1. The lowest BCUT2D eigenvalue weighted by molar-refractivity contribution is 0.270. The van der Waals surface area contributed by atoms with Gasteiger partial charge < -0.3 is 14.6 Å². The van der Waals surface area contributed by atoms with Gasteiger partial charge in [-0.25, -0.2) is 10.4 Å².